The molecule has 29 heavy (non-hydrogen) atoms. The highest BCUT2D eigenvalue weighted by molar-refractivity contribution is 7.20. The molecule has 8 heteroatoms. The van der Waals surface area contributed by atoms with E-state index < -0.39 is 0 Å². The summed E-state index contributed by atoms with van der Waals surface area (Å²) in [4.78, 5) is 38.5. The fraction of sp³-hybridized carbons (Fsp3) is 0.238. The number of hydrogen-bond acceptors (Lipinski definition) is 5. The standard InChI is InChI=1S/C21H21N5O2S/c1-4-16-23-12(3)18-11(2)19(29-21(18)24-16)20(28)26-25-17(27)9-13-10-22-15-8-6-5-7-14(13)15/h5-8,10,22H,4,9H2,1-3H3,(H,25,27)(H,26,28). The molecule has 0 radical (unpaired) electrons. The minimum atomic E-state index is -0.352. The number of carbonyl (C=O) groups is 2. The molecular weight excluding hydrogens is 386 g/mol. The molecule has 0 aliphatic rings. The summed E-state index contributed by atoms with van der Waals surface area (Å²) >= 11 is 1.32. The Balaban J connectivity index is 1.47. The topological polar surface area (TPSA) is 99.8 Å². The van der Waals surface area contributed by atoms with E-state index in [1.807, 2.05) is 51.2 Å². The largest absolute Gasteiger partial charge is 0.361 e. The zero-order chi connectivity index (χ0) is 20.5. The van der Waals surface area contributed by atoms with Gasteiger partial charge in [0.2, 0.25) is 5.91 Å². The number of rotatable bonds is 4. The zero-order valence-corrected chi connectivity index (χ0v) is 17.2. The molecule has 0 spiro atoms. The lowest BCUT2D eigenvalue weighted by molar-refractivity contribution is -0.121. The molecule has 2 amide bonds. The van der Waals surface area contributed by atoms with Crippen molar-refractivity contribution in [2.45, 2.75) is 33.6 Å². The first-order chi connectivity index (χ1) is 14.0. The maximum atomic E-state index is 12.7. The van der Waals surface area contributed by atoms with Crippen LogP contribution in [0, 0.1) is 13.8 Å². The summed E-state index contributed by atoms with van der Waals surface area (Å²) in [6, 6.07) is 7.78. The third-order valence-corrected chi connectivity index (χ3v) is 6.07. The molecule has 4 rings (SSSR count). The van der Waals surface area contributed by atoms with Gasteiger partial charge in [0.05, 0.1) is 11.3 Å². The summed E-state index contributed by atoms with van der Waals surface area (Å²) in [5.74, 6) is 0.122. The van der Waals surface area contributed by atoms with Crippen LogP contribution < -0.4 is 10.9 Å². The van der Waals surface area contributed by atoms with Gasteiger partial charge in [-0.3, -0.25) is 20.4 Å². The quantitative estimate of drug-likeness (QED) is 0.452. The molecule has 1 aromatic carbocycles. The molecule has 0 aliphatic carbocycles. The van der Waals surface area contributed by atoms with Gasteiger partial charge < -0.3 is 4.98 Å². The molecule has 0 unspecified atom stereocenters. The Hall–Kier alpha value is -3.26. The van der Waals surface area contributed by atoms with Gasteiger partial charge in [0.25, 0.3) is 5.91 Å². The molecule has 0 aliphatic heterocycles. The second-order valence-corrected chi connectivity index (χ2v) is 7.85. The van der Waals surface area contributed by atoms with Gasteiger partial charge in [-0.1, -0.05) is 25.1 Å². The third kappa shape index (κ3) is 3.58. The van der Waals surface area contributed by atoms with Crippen LogP contribution in [0.2, 0.25) is 0 Å². The number of benzene rings is 1. The lowest BCUT2D eigenvalue weighted by Gasteiger charge is -2.06. The zero-order valence-electron chi connectivity index (χ0n) is 16.4. The predicted molar refractivity (Wildman–Crippen MR) is 114 cm³/mol. The van der Waals surface area contributed by atoms with Gasteiger partial charge in [-0.2, -0.15) is 0 Å². The predicted octanol–water partition coefficient (Wildman–Crippen LogP) is 3.36. The van der Waals surface area contributed by atoms with Crippen molar-refractivity contribution in [2.75, 3.05) is 0 Å². The van der Waals surface area contributed by atoms with E-state index in [1.165, 1.54) is 11.3 Å². The van der Waals surface area contributed by atoms with Crippen molar-refractivity contribution in [3.8, 4) is 0 Å². The average molecular weight is 407 g/mol. The Morgan fingerprint density at radius 1 is 1.14 bits per heavy atom. The van der Waals surface area contributed by atoms with Gasteiger partial charge in [-0.05, 0) is 31.0 Å². The number of aryl methyl sites for hydroxylation is 3. The molecule has 0 saturated carbocycles. The fourth-order valence-electron chi connectivity index (χ4n) is 3.45. The van der Waals surface area contributed by atoms with Gasteiger partial charge in [-0.15, -0.1) is 11.3 Å². The normalized spacial score (nSPS) is 11.1. The number of aromatic amines is 1. The van der Waals surface area contributed by atoms with Crippen LogP contribution in [0.3, 0.4) is 0 Å². The van der Waals surface area contributed by atoms with Crippen LogP contribution >= 0.6 is 11.3 Å². The summed E-state index contributed by atoms with van der Waals surface area (Å²) in [5.41, 5.74) is 8.58. The van der Waals surface area contributed by atoms with Crippen molar-refractivity contribution in [2.24, 2.45) is 0 Å². The molecular formula is C21H21N5O2S. The Bertz CT molecular complexity index is 1240. The number of hydrazine groups is 1. The van der Waals surface area contributed by atoms with Crippen LogP contribution in [-0.4, -0.2) is 26.8 Å². The number of aromatic nitrogens is 3. The van der Waals surface area contributed by atoms with E-state index in [0.717, 1.165) is 50.2 Å². The number of amides is 2. The first kappa shape index (κ1) is 19.1. The Kier molecular flexibility index (Phi) is 5.02. The lowest BCUT2D eigenvalue weighted by atomic mass is 10.1. The molecule has 7 nitrogen and oxygen atoms in total. The van der Waals surface area contributed by atoms with Gasteiger partial charge >= 0.3 is 0 Å². The van der Waals surface area contributed by atoms with Crippen molar-refractivity contribution >= 4 is 44.3 Å². The maximum absolute atomic E-state index is 12.7. The van der Waals surface area contributed by atoms with Gasteiger partial charge in [0, 0.05) is 34.6 Å². The van der Waals surface area contributed by atoms with E-state index in [9.17, 15) is 9.59 Å². The van der Waals surface area contributed by atoms with E-state index in [1.54, 1.807) is 0 Å². The summed E-state index contributed by atoms with van der Waals surface area (Å²) < 4.78 is 0. The van der Waals surface area contributed by atoms with Crippen molar-refractivity contribution in [3.63, 3.8) is 0 Å². The maximum Gasteiger partial charge on any atom is 0.280 e. The molecule has 4 aromatic rings. The van der Waals surface area contributed by atoms with E-state index >= 15 is 0 Å². The monoisotopic (exact) mass is 407 g/mol. The molecule has 0 fully saturated rings. The molecule has 3 N–H and O–H groups in total. The molecule has 3 aromatic heterocycles. The smallest absolute Gasteiger partial charge is 0.280 e. The number of H-pyrrole nitrogens is 1. The van der Waals surface area contributed by atoms with Gasteiger partial charge in [0.15, 0.2) is 0 Å². The van der Waals surface area contributed by atoms with Crippen molar-refractivity contribution < 1.29 is 9.59 Å². The molecule has 0 atom stereocenters. The second-order valence-electron chi connectivity index (χ2n) is 6.85. The molecule has 0 saturated heterocycles. The molecule has 148 valence electrons. The summed E-state index contributed by atoms with van der Waals surface area (Å²) in [6.07, 6.45) is 2.72. The highest BCUT2D eigenvalue weighted by atomic mass is 32.1. The lowest BCUT2D eigenvalue weighted by Crippen LogP contribution is -2.42. The van der Waals surface area contributed by atoms with E-state index in [-0.39, 0.29) is 18.2 Å². The van der Waals surface area contributed by atoms with Crippen molar-refractivity contribution in [3.05, 3.63) is 58.0 Å². The van der Waals surface area contributed by atoms with E-state index in [2.05, 4.69) is 25.8 Å². The SMILES string of the molecule is CCc1nc(C)c2c(C)c(C(=O)NNC(=O)Cc3c[nH]c4ccccc34)sc2n1. The van der Waals surface area contributed by atoms with Crippen LogP contribution in [0.1, 0.15) is 39.2 Å². The third-order valence-electron chi connectivity index (χ3n) is 4.88. The number of hydrogen-bond donors (Lipinski definition) is 3. The first-order valence-electron chi connectivity index (χ1n) is 9.38. The molecule has 0 bridgehead atoms. The summed E-state index contributed by atoms with van der Waals surface area (Å²) in [5, 5.41) is 1.90. The number of fused-ring (bicyclic) bond motifs is 2. The van der Waals surface area contributed by atoms with Crippen LogP contribution in [-0.2, 0) is 17.6 Å². The Labute approximate surface area is 171 Å². The average Bonchev–Trinajstić information content (AvgIpc) is 3.27. The number of para-hydroxylation sites is 1. The second kappa shape index (κ2) is 7.63. The van der Waals surface area contributed by atoms with Crippen molar-refractivity contribution in [1.29, 1.82) is 0 Å². The first-order valence-corrected chi connectivity index (χ1v) is 10.2. The van der Waals surface area contributed by atoms with Crippen LogP contribution in [0.5, 0.6) is 0 Å². The Morgan fingerprint density at radius 3 is 2.72 bits per heavy atom. The van der Waals surface area contributed by atoms with Crippen LogP contribution in [0.15, 0.2) is 30.5 Å². The number of thiophene rings is 1. The van der Waals surface area contributed by atoms with Crippen LogP contribution in [0.25, 0.3) is 21.1 Å². The van der Waals surface area contributed by atoms with E-state index in [4.69, 9.17) is 0 Å². The van der Waals surface area contributed by atoms with Gasteiger partial charge in [0.1, 0.15) is 10.7 Å². The summed E-state index contributed by atoms with van der Waals surface area (Å²) in [6.45, 7) is 5.80. The summed E-state index contributed by atoms with van der Waals surface area (Å²) in [7, 11) is 0. The highest BCUT2D eigenvalue weighted by Crippen LogP contribution is 2.31. The highest BCUT2D eigenvalue weighted by Gasteiger charge is 2.19. The Morgan fingerprint density at radius 2 is 1.93 bits per heavy atom. The number of nitrogens with zero attached hydrogens (tertiary/aromatic N) is 2. The minimum Gasteiger partial charge on any atom is -0.361 e. The number of carbonyl (C=O) groups excluding carboxylic acids is 2. The van der Waals surface area contributed by atoms with E-state index in [0.29, 0.717) is 4.88 Å². The van der Waals surface area contributed by atoms with Crippen LogP contribution in [0.4, 0.5) is 0 Å². The number of nitrogens with one attached hydrogen (secondary N) is 3. The minimum absolute atomic E-state index is 0.167. The van der Waals surface area contributed by atoms with Crippen molar-refractivity contribution in [1.82, 2.24) is 25.8 Å². The fourth-order valence-corrected chi connectivity index (χ4v) is 4.59. The molecule has 3 heterocycles. The van der Waals surface area contributed by atoms with Gasteiger partial charge in [-0.25, -0.2) is 9.97 Å².